The lowest BCUT2D eigenvalue weighted by Crippen LogP contribution is -2.28. The molecule has 138 valence electrons. The van der Waals surface area contributed by atoms with Crippen molar-refractivity contribution >= 4 is 17.7 Å². The summed E-state index contributed by atoms with van der Waals surface area (Å²) < 4.78 is 5.21. The number of rotatable bonds is 6. The first-order valence-electron chi connectivity index (χ1n) is 9.13. The SMILES string of the molecule is CCc1ccc(CN2CC(C(=O)Nc3onc(CC)c3C)CC2=O)cc1. The number of carbonyl (C=O) groups is 2. The van der Waals surface area contributed by atoms with Crippen molar-refractivity contribution in [2.75, 3.05) is 11.9 Å². The third kappa shape index (κ3) is 3.79. The van der Waals surface area contributed by atoms with E-state index in [4.69, 9.17) is 4.52 Å². The standard InChI is InChI=1S/C20H25N3O3/c1-4-14-6-8-15(9-7-14)11-23-12-16(10-18(23)24)19(25)21-20-13(3)17(5-2)22-26-20/h6-9,16H,4-5,10-12H2,1-3H3,(H,21,25). The van der Waals surface area contributed by atoms with Crippen LogP contribution < -0.4 is 5.32 Å². The Labute approximate surface area is 153 Å². The van der Waals surface area contributed by atoms with Crippen LogP contribution >= 0.6 is 0 Å². The second-order valence-corrected chi connectivity index (χ2v) is 6.77. The molecule has 2 heterocycles. The Kier molecular flexibility index (Phi) is 5.40. The average molecular weight is 355 g/mol. The number of likely N-dealkylation sites (tertiary alicyclic amines) is 1. The third-order valence-electron chi connectivity index (χ3n) is 4.98. The summed E-state index contributed by atoms with van der Waals surface area (Å²) in [6.07, 6.45) is 1.97. The van der Waals surface area contributed by atoms with Gasteiger partial charge in [-0.3, -0.25) is 14.9 Å². The van der Waals surface area contributed by atoms with E-state index in [1.54, 1.807) is 4.90 Å². The largest absolute Gasteiger partial charge is 0.338 e. The normalized spacial score (nSPS) is 17.0. The van der Waals surface area contributed by atoms with E-state index in [-0.39, 0.29) is 24.2 Å². The summed E-state index contributed by atoms with van der Waals surface area (Å²) in [7, 11) is 0. The van der Waals surface area contributed by atoms with Gasteiger partial charge in [-0.15, -0.1) is 0 Å². The van der Waals surface area contributed by atoms with Crippen LogP contribution in [0.15, 0.2) is 28.8 Å². The van der Waals surface area contributed by atoms with Gasteiger partial charge in [-0.05, 0) is 30.9 Å². The van der Waals surface area contributed by atoms with Crippen LogP contribution in [0.5, 0.6) is 0 Å². The van der Waals surface area contributed by atoms with Crippen LogP contribution in [0.3, 0.4) is 0 Å². The van der Waals surface area contributed by atoms with Crippen molar-refractivity contribution in [1.29, 1.82) is 0 Å². The highest BCUT2D eigenvalue weighted by Crippen LogP contribution is 2.24. The molecule has 26 heavy (non-hydrogen) atoms. The van der Waals surface area contributed by atoms with Gasteiger partial charge in [-0.1, -0.05) is 43.3 Å². The van der Waals surface area contributed by atoms with E-state index in [2.05, 4.69) is 29.5 Å². The lowest BCUT2D eigenvalue weighted by Gasteiger charge is -2.16. The molecule has 1 unspecified atom stereocenters. The number of amides is 2. The maximum Gasteiger partial charge on any atom is 0.234 e. The fraction of sp³-hybridized carbons (Fsp3) is 0.450. The fourth-order valence-corrected chi connectivity index (χ4v) is 3.23. The molecule has 6 nitrogen and oxygen atoms in total. The summed E-state index contributed by atoms with van der Waals surface area (Å²) in [6, 6.07) is 8.25. The zero-order chi connectivity index (χ0) is 18.7. The number of nitrogens with one attached hydrogen (secondary N) is 1. The van der Waals surface area contributed by atoms with Crippen molar-refractivity contribution < 1.29 is 14.1 Å². The molecule has 6 heteroatoms. The van der Waals surface area contributed by atoms with E-state index < -0.39 is 0 Å². The minimum Gasteiger partial charge on any atom is -0.338 e. The molecule has 2 amide bonds. The summed E-state index contributed by atoms with van der Waals surface area (Å²) in [5.41, 5.74) is 4.03. The molecule has 1 aliphatic rings. The molecule has 1 aromatic heterocycles. The first-order valence-corrected chi connectivity index (χ1v) is 9.13. The van der Waals surface area contributed by atoms with Crippen molar-refractivity contribution in [3.8, 4) is 0 Å². The van der Waals surface area contributed by atoms with Gasteiger partial charge in [0.1, 0.15) is 0 Å². The van der Waals surface area contributed by atoms with E-state index in [1.165, 1.54) is 5.56 Å². The molecule has 1 aromatic carbocycles. The number of carbonyl (C=O) groups excluding carboxylic acids is 2. The van der Waals surface area contributed by atoms with Crippen LogP contribution in [-0.2, 0) is 29.0 Å². The average Bonchev–Trinajstić information content (AvgIpc) is 3.19. The molecule has 3 rings (SSSR count). The Morgan fingerprint density at radius 2 is 1.92 bits per heavy atom. The molecular weight excluding hydrogens is 330 g/mol. The first-order chi connectivity index (χ1) is 12.5. The van der Waals surface area contributed by atoms with Gasteiger partial charge >= 0.3 is 0 Å². The number of hydrogen-bond acceptors (Lipinski definition) is 4. The lowest BCUT2D eigenvalue weighted by molar-refractivity contribution is -0.128. The predicted octanol–water partition coefficient (Wildman–Crippen LogP) is 3.10. The van der Waals surface area contributed by atoms with Gasteiger partial charge in [0.25, 0.3) is 0 Å². The molecule has 1 saturated heterocycles. The zero-order valence-corrected chi connectivity index (χ0v) is 15.5. The summed E-state index contributed by atoms with van der Waals surface area (Å²) in [5, 5.41) is 6.73. The monoisotopic (exact) mass is 355 g/mol. The van der Waals surface area contributed by atoms with Gasteiger partial charge in [0.05, 0.1) is 11.6 Å². The Morgan fingerprint density at radius 1 is 1.23 bits per heavy atom. The molecule has 2 aromatic rings. The molecule has 0 aliphatic carbocycles. The molecular formula is C20H25N3O3. The smallest absolute Gasteiger partial charge is 0.234 e. The van der Waals surface area contributed by atoms with Gasteiger partial charge in [0.2, 0.25) is 17.7 Å². The molecule has 1 atom stereocenters. The molecule has 0 saturated carbocycles. The van der Waals surface area contributed by atoms with E-state index in [0.717, 1.165) is 29.7 Å². The molecule has 0 radical (unpaired) electrons. The van der Waals surface area contributed by atoms with Crippen molar-refractivity contribution in [1.82, 2.24) is 10.1 Å². The highest BCUT2D eigenvalue weighted by Gasteiger charge is 2.35. The topological polar surface area (TPSA) is 75.4 Å². The van der Waals surface area contributed by atoms with Gasteiger partial charge in [0, 0.05) is 25.1 Å². The van der Waals surface area contributed by atoms with Crippen LogP contribution in [0.25, 0.3) is 0 Å². The van der Waals surface area contributed by atoms with Crippen molar-refractivity contribution in [3.63, 3.8) is 0 Å². The number of benzene rings is 1. The predicted molar refractivity (Wildman–Crippen MR) is 98.6 cm³/mol. The Morgan fingerprint density at radius 3 is 2.54 bits per heavy atom. The molecule has 1 N–H and O–H groups in total. The number of nitrogens with zero attached hydrogens (tertiary/aromatic N) is 2. The van der Waals surface area contributed by atoms with Crippen LogP contribution in [0.4, 0.5) is 5.88 Å². The van der Waals surface area contributed by atoms with Gasteiger partial charge in [-0.2, -0.15) is 0 Å². The van der Waals surface area contributed by atoms with Gasteiger partial charge < -0.3 is 9.42 Å². The quantitative estimate of drug-likeness (QED) is 0.864. The van der Waals surface area contributed by atoms with Gasteiger partial charge in [-0.25, -0.2) is 0 Å². The van der Waals surface area contributed by atoms with Crippen molar-refractivity contribution in [3.05, 3.63) is 46.6 Å². The summed E-state index contributed by atoms with van der Waals surface area (Å²) >= 11 is 0. The maximum absolute atomic E-state index is 12.5. The number of hydrogen-bond donors (Lipinski definition) is 1. The molecule has 1 aliphatic heterocycles. The number of aryl methyl sites for hydroxylation is 2. The molecule has 1 fully saturated rings. The van der Waals surface area contributed by atoms with E-state index in [9.17, 15) is 9.59 Å². The minimum absolute atomic E-state index is 0.00765. The van der Waals surface area contributed by atoms with E-state index in [1.807, 2.05) is 26.0 Å². The number of aromatic nitrogens is 1. The zero-order valence-electron chi connectivity index (χ0n) is 15.5. The van der Waals surface area contributed by atoms with Gasteiger partial charge in [0.15, 0.2) is 0 Å². The summed E-state index contributed by atoms with van der Waals surface area (Å²) in [4.78, 5) is 26.6. The Bertz CT molecular complexity index is 795. The highest BCUT2D eigenvalue weighted by molar-refractivity contribution is 5.96. The molecule has 0 spiro atoms. The third-order valence-corrected chi connectivity index (χ3v) is 4.98. The van der Waals surface area contributed by atoms with E-state index >= 15 is 0 Å². The summed E-state index contributed by atoms with van der Waals surface area (Å²) in [6.45, 7) is 6.93. The van der Waals surface area contributed by atoms with Crippen LogP contribution in [0, 0.1) is 12.8 Å². The second kappa shape index (κ2) is 7.72. The van der Waals surface area contributed by atoms with Crippen LogP contribution in [0.1, 0.15) is 42.7 Å². The Balaban J connectivity index is 1.61. The minimum atomic E-state index is -0.369. The second-order valence-electron chi connectivity index (χ2n) is 6.77. The van der Waals surface area contributed by atoms with Crippen LogP contribution in [-0.4, -0.2) is 28.4 Å². The Hall–Kier alpha value is -2.63. The fourth-order valence-electron chi connectivity index (χ4n) is 3.23. The van der Waals surface area contributed by atoms with Crippen molar-refractivity contribution in [2.24, 2.45) is 5.92 Å². The maximum atomic E-state index is 12.5. The van der Waals surface area contributed by atoms with E-state index in [0.29, 0.717) is 19.0 Å². The first kappa shape index (κ1) is 18.2. The lowest BCUT2D eigenvalue weighted by atomic mass is 10.1. The molecule has 0 bridgehead atoms. The highest BCUT2D eigenvalue weighted by atomic mass is 16.5. The van der Waals surface area contributed by atoms with Crippen LogP contribution in [0.2, 0.25) is 0 Å². The van der Waals surface area contributed by atoms with Crippen molar-refractivity contribution in [2.45, 2.75) is 46.6 Å². The number of anilines is 1. The summed E-state index contributed by atoms with van der Waals surface area (Å²) in [5.74, 6) is -0.169.